The second-order valence-corrected chi connectivity index (χ2v) is 8.70. The van der Waals surface area contributed by atoms with Crippen LogP contribution in [0.15, 0.2) is 53.4 Å². The number of ether oxygens (including phenoxy) is 1. The molecule has 30 heavy (non-hydrogen) atoms. The molecule has 158 valence electrons. The summed E-state index contributed by atoms with van der Waals surface area (Å²) >= 11 is 1.33. The van der Waals surface area contributed by atoms with Crippen LogP contribution in [0.5, 0.6) is 0 Å². The molecule has 0 aromatic heterocycles. The van der Waals surface area contributed by atoms with Gasteiger partial charge in [-0.3, -0.25) is 14.4 Å². The topological polar surface area (TPSA) is 84.5 Å². The SMILES string of the molecule is CC(C)c1ccc(CCNC(=O)COC(=O)CC2Sc3ccccc3NC2=O)cc1. The fourth-order valence-electron chi connectivity index (χ4n) is 3.05. The first kappa shape index (κ1) is 21.9. The summed E-state index contributed by atoms with van der Waals surface area (Å²) in [5, 5.41) is 4.97. The third-order valence-corrected chi connectivity index (χ3v) is 6.08. The Balaban J connectivity index is 1.36. The van der Waals surface area contributed by atoms with Crippen LogP contribution in [-0.4, -0.2) is 36.2 Å². The highest BCUT2D eigenvalue weighted by Crippen LogP contribution is 2.36. The summed E-state index contributed by atoms with van der Waals surface area (Å²) in [4.78, 5) is 37.0. The average molecular weight is 427 g/mol. The molecule has 0 bridgehead atoms. The molecule has 7 heteroatoms. The lowest BCUT2D eigenvalue weighted by Gasteiger charge is -2.23. The third-order valence-electron chi connectivity index (χ3n) is 4.81. The number of thioether (sulfide) groups is 1. The lowest BCUT2D eigenvalue weighted by Crippen LogP contribution is -2.33. The number of fused-ring (bicyclic) bond motifs is 1. The van der Waals surface area contributed by atoms with Gasteiger partial charge in [0.05, 0.1) is 17.4 Å². The molecule has 0 aliphatic carbocycles. The predicted molar refractivity (Wildman–Crippen MR) is 118 cm³/mol. The Morgan fingerprint density at radius 1 is 1.13 bits per heavy atom. The van der Waals surface area contributed by atoms with E-state index in [-0.39, 0.29) is 24.8 Å². The first-order valence-corrected chi connectivity index (χ1v) is 10.9. The monoisotopic (exact) mass is 426 g/mol. The summed E-state index contributed by atoms with van der Waals surface area (Å²) in [6, 6.07) is 15.7. The van der Waals surface area contributed by atoms with E-state index in [1.165, 1.54) is 17.3 Å². The maximum absolute atomic E-state index is 12.1. The summed E-state index contributed by atoms with van der Waals surface area (Å²) in [6.07, 6.45) is 0.622. The van der Waals surface area contributed by atoms with Gasteiger partial charge in [0, 0.05) is 11.4 Å². The zero-order valence-corrected chi connectivity index (χ0v) is 18.0. The minimum absolute atomic E-state index is 0.0830. The summed E-state index contributed by atoms with van der Waals surface area (Å²) in [5.41, 5.74) is 3.16. The molecule has 1 atom stereocenters. The van der Waals surface area contributed by atoms with E-state index in [1.54, 1.807) is 0 Å². The lowest BCUT2D eigenvalue weighted by molar-refractivity contribution is -0.149. The van der Waals surface area contributed by atoms with Crippen LogP contribution in [0.25, 0.3) is 0 Å². The van der Waals surface area contributed by atoms with Crippen molar-refractivity contribution in [3.05, 3.63) is 59.7 Å². The van der Waals surface area contributed by atoms with E-state index in [4.69, 9.17) is 4.74 Å². The Morgan fingerprint density at radius 3 is 2.60 bits per heavy atom. The van der Waals surface area contributed by atoms with Crippen molar-refractivity contribution in [1.82, 2.24) is 5.32 Å². The van der Waals surface area contributed by atoms with E-state index in [1.807, 2.05) is 24.3 Å². The smallest absolute Gasteiger partial charge is 0.307 e. The number of nitrogens with one attached hydrogen (secondary N) is 2. The predicted octanol–water partition coefficient (Wildman–Crippen LogP) is 3.52. The Kier molecular flexibility index (Phi) is 7.52. The van der Waals surface area contributed by atoms with Gasteiger partial charge >= 0.3 is 5.97 Å². The molecule has 1 heterocycles. The number of esters is 1. The van der Waals surface area contributed by atoms with Crippen LogP contribution in [0, 0.1) is 0 Å². The van der Waals surface area contributed by atoms with Crippen LogP contribution in [0.4, 0.5) is 5.69 Å². The van der Waals surface area contributed by atoms with E-state index in [0.29, 0.717) is 18.9 Å². The molecule has 1 aliphatic heterocycles. The van der Waals surface area contributed by atoms with Gasteiger partial charge in [-0.25, -0.2) is 0 Å². The van der Waals surface area contributed by atoms with Crippen molar-refractivity contribution in [2.75, 3.05) is 18.5 Å². The maximum Gasteiger partial charge on any atom is 0.307 e. The van der Waals surface area contributed by atoms with E-state index < -0.39 is 11.2 Å². The molecule has 2 amide bonds. The van der Waals surface area contributed by atoms with Crippen molar-refractivity contribution in [1.29, 1.82) is 0 Å². The van der Waals surface area contributed by atoms with Gasteiger partial charge in [-0.1, -0.05) is 50.2 Å². The van der Waals surface area contributed by atoms with Crippen LogP contribution in [-0.2, 0) is 25.5 Å². The van der Waals surface area contributed by atoms with Crippen molar-refractivity contribution in [3.8, 4) is 0 Å². The number of carbonyl (C=O) groups is 3. The molecule has 1 aliphatic rings. The van der Waals surface area contributed by atoms with Crippen LogP contribution in [0.2, 0.25) is 0 Å². The number of rotatable bonds is 8. The molecule has 1 unspecified atom stereocenters. The van der Waals surface area contributed by atoms with Crippen molar-refractivity contribution in [3.63, 3.8) is 0 Å². The zero-order valence-electron chi connectivity index (χ0n) is 17.1. The fourth-order valence-corrected chi connectivity index (χ4v) is 4.14. The summed E-state index contributed by atoms with van der Waals surface area (Å²) < 4.78 is 5.04. The minimum Gasteiger partial charge on any atom is -0.456 e. The van der Waals surface area contributed by atoms with Gasteiger partial charge in [-0.15, -0.1) is 11.8 Å². The number of amides is 2. The van der Waals surface area contributed by atoms with Crippen molar-refractivity contribution in [2.24, 2.45) is 0 Å². The normalized spacial score (nSPS) is 15.3. The quantitative estimate of drug-likeness (QED) is 0.631. The average Bonchev–Trinajstić information content (AvgIpc) is 2.73. The van der Waals surface area contributed by atoms with Crippen LogP contribution in [0.3, 0.4) is 0 Å². The second kappa shape index (κ2) is 10.3. The van der Waals surface area contributed by atoms with Gasteiger partial charge < -0.3 is 15.4 Å². The highest BCUT2D eigenvalue weighted by atomic mass is 32.2. The van der Waals surface area contributed by atoms with Crippen LogP contribution in [0.1, 0.15) is 37.3 Å². The molecule has 3 rings (SSSR count). The van der Waals surface area contributed by atoms with Crippen molar-refractivity contribution < 1.29 is 19.1 Å². The van der Waals surface area contributed by atoms with Crippen molar-refractivity contribution >= 4 is 35.2 Å². The van der Waals surface area contributed by atoms with Gasteiger partial charge in [0.25, 0.3) is 5.91 Å². The molecule has 0 radical (unpaired) electrons. The summed E-state index contributed by atoms with van der Waals surface area (Å²) in [7, 11) is 0. The van der Waals surface area contributed by atoms with Gasteiger partial charge in [-0.05, 0) is 35.6 Å². The molecule has 0 spiro atoms. The minimum atomic E-state index is -0.568. The van der Waals surface area contributed by atoms with Gasteiger partial charge in [0.2, 0.25) is 5.91 Å². The highest BCUT2D eigenvalue weighted by Gasteiger charge is 2.29. The van der Waals surface area contributed by atoms with Crippen LogP contribution < -0.4 is 10.6 Å². The van der Waals surface area contributed by atoms with E-state index >= 15 is 0 Å². The van der Waals surface area contributed by atoms with Gasteiger partial charge in [0.1, 0.15) is 0 Å². The first-order valence-electron chi connectivity index (χ1n) is 10.00. The Labute approximate surface area is 180 Å². The van der Waals surface area contributed by atoms with E-state index in [2.05, 4.69) is 48.7 Å². The zero-order chi connectivity index (χ0) is 21.5. The van der Waals surface area contributed by atoms with Gasteiger partial charge in [0.15, 0.2) is 6.61 Å². The Morgan fingerprint density at radius 2 is 1.87 bits per heavy atom. The number of benzene rings is 2. The van der Waals surface area contributed by atoms with Crippen LogP contribution >= 0.6 is 11.8 Å². The molecule has 0 saturated heterocycles. The lowest BCUT2D eigenvalue weighted by atomic mass is 10.0. The number of anilines is 1. The molecule has 0 saturated carbocycles. The first-order chi connectivity index (χ1) is 14.4. The number of hydrogen-bond donors (Lipinski definition) is 2. The summed E-state index contributed by atoms with van der Waals surface area (Å²) in [6.45, 7) is 4.42. The summed E-state index contributed by atoms with van der Waals surface area (Å²) in [5.74, 6) is -0.667. The maximum atomic E-state index is 12.1. The second-order valence-electron chi connectivity index (χ2n) is 7.45. The van der Waals surface area contributed by atoms with Gasteiger partial charge in [-0.2, -0.15) is 0 Å². The third kappa shape index (κ3) is 6.10. The van der Waals surface area contributed by atoms with E-state index in [9.17, 15) is 14.4 Å². The molecular weight excluding hydrogens is 400 g/mol. The van der Waals surface area contributed by atoms with E-state index in [0.717, 1.165) is 16.1 Å². The number of hydrogen-bond acceptors (Lipinski definition) is 5. The Hall–Kier alpha value is -2.80. The molecule has 2 aromatic rings. The Bertz CT molecular complexity index is 912. The number of carbonyl (C=O) groups excluding carboxylic acids is 3. The number of para-hydroxylation sites is 1. The molecular formula is C23H26N2O4S. The molecule has 6 nitrogen and oxygen atoms in total. The molecule has 2 N–H and O–H groups in total. The highest BCUT2D eigenvalue weighted by molar-refractivity contribution is 8.01. The fraction of sp³-hybridized carbons (Fsp3) is 0.348. The molecule has 2 aromatic carbocycles. The standard InChI is InChI=1S/C23H26N2O4S/c1-15(2)17-9-7-16(8-10-17)11-12-24-21(26)14-29-22(27)13-20-23(28)25-18-5-3-4-6-19(18)30-20/h3-10,15,20H,11-14H2,1-2H3,(H,24,26)(H,25,28). The largest absolute Gasteiger partial charge is 0.456 e. The molecule has 0 fully saturated rings. The van der Waals surface area contributed by atoms with Crippen molar-refractivity contribution in [2.45, 2.75) is 42.8 Å².